The molecule has 1 saturated heterocycles. The molecule has 0 spiro atoms. The predicted molar refractivity (Wildman–Crippen MR) is 98.0 cm³/mol. The third-order valence-corrected chi connectivity index (χ3v) is 4.61. The number of nitrogens with two attached hydrogens (primary N) is 1. The molecule has 1 aromatic heterocycles. The first-order valence-corrected chi connectivity index (χ1v) is 8.86. The molecule has 1 aliphatic rings. The Bertz CT molecular complexity index is 721. The zero-order valence-corrected chi connectivity index (χ0v) is 14.8. The van der Waals surface area contributed by atoms with Crippen LogP contribution < -0.4 is 10.5 Å². The number of hydrogen-bond donors (Lipinski definition) is 1. The van der Waals surface area contributed by atoms with E-state index in [2.05, 4.69) is 4.98 Å². The fourth-order valence-electron chi connectivity index (χ4n) is 3.12. The maximum absolute atomic E-state index is 12.8. The summed E-state index contributed by atoms with van der Waals surface area (Å²) in [6.07, 6.45) is 3.55. The normalized spacial score (nSPS) is 16.9. The van der Waals surface area contributed by atoms with Gasteiger partial charge >= 0.3 is 0 Å². The van der Waals surface area contributed by atoms with Crippen LogP contribution in [0, 0.1) is 5.92 Å². The molecule has 2 heterocycles. The van der Waals surface area contributed by atoms with E-state index in [1.165, 1.54) is 5.56 Å². The zero-order chi connectivity index (χ0) is 17.6. The molecule has 132 valence electrons. The molecule has 1 aromatic carbocycles. The second-order valence-corrected chi connectivity index (χ2v) is 6.66. The number of likely N-dealkylation sites (tertiary alicyclic amines) is 1. The van der Waals surface area contributed by atoms with E-state index >= 15 is 0 Å². The van der Waals surface area contributed by atoms with Gasteiger partial charge in [0.05, 0.1) is 0 Å². The van der Waals surface area contributed by atoms with Crippen molar-refractivity contribution in [3.05, 3.63) is 58.9 Å². The van der Waals surface area contributed by atoms with E-state index < -0.39 is 0 Å². The molecule has 0 saturated carbocycles. The Morgan fingerprint density at radius 3 is 2.88 bits per heavy atom. The van der Waals surface area contributed by atoms with Crippen molar-refractivity contribution in [3.63, 3.8) is 0 Å². The summed E-state index contributed by atoms with van der Waals surface area (Å²) in [4.78, 5) is 18.9. The van der Waals surface area contributed by atoms with E-state index in [9.17, 15) is 4.79 Å². The number of nitrogens with zero attached hydrogens (tertiary/aromatic N) is 2. The monoisotopic (exact) mass is 359 g/mol. The van der Waals surface area contributed by atoms with Gasteiger partial charge in [-0.15, -0.1) is 0 Å². The van der Waals surface area contributed by atoms with Gasteiger partial charge in [-0.3, -0.25) is 4.79 Å². The summed E-state index contributed by atoms with van der Waals surface area (Å²) < 4.78 is 5.55. The van der Waals surface area contributed by atoms with Crippen LogP contribution in [0.4, 0.5) is 0 Å². The maximum atomic E-state index is 12.8. The van der Waals surface area contributed by atoms with E-state index in [1.54, 1.807) is 18.3 Å². The number of aromatic nitrogens is 1. The number of halogens is 1. The first-order chi connectivity index (χ1) is 12.2. The van der Waals surface area contributed by atoms with Crippen LogP contribution in [0.15, 0.2) is 42.6 Å². The van der Waals surface area contributed by atoms with E-state index in [1.807, 2.05) is 29.2 Å². The number of carbonyl (C=O) groups is 1. The Kier molecular flexibility index (Phi) is 5.89. The third-order valence-electron chi connectivity index (χ3n) is 4.36. The Hall–Kier alpha value is -2.11. The van der Waals surface area contributed by atoms with Crippen molar-refractivity contribution in [2.75, 3.05) is 26.2 Å². The van der Waals surface area contributed by atoms with Crippen molar-refractivity contribution in [1.29, 1.82) is 0 Å². The standard InChI is InChI=1S/C19H22ClN3O2/c20-16-5-3-14(4-6-16)12-15-7-10-23(13-15)19(24)18-17(25-11-8-21)2-1-9-22-18/h1-6,9,15H,7-8,10-13,21H2. The molecule has 2 N–H and O–H groups in total. The number of carbonyl (C=O) groups excluding carboxylic acids is 1. The molecular weight excluding hydrogens is 338 g/mol. The summed E-state index contributed by atoms with van der Waals surface area (Å²) in [5, 5.41) is 0.743. The largest absolute Gasteiger partial charge is 0.490 e. The number of amides is 1. The minimum absolute atomic E-state index is 0.0776. The molecule has 6 heteroatoms. The SMILES string of the molecule is NCCOc1cccnc1C(=O)N1CCC(Cc2ccc(Cl)cc2)C1. The summed E-state index contributed by atoms with van der Waals surface area (Å²) >= 11 is 5.93. The smallest absolute Gasteiger partial charge is 0.276 e. The first kappa shape index (κ1) is 17.7. The lowest BCUT2D eigenvalue weighted by Gasteiger charge is -2.18. The van der Waals surface area contributed by atoms with E-state index in [4.69, 9.17) is 22.1 Å². The molecule has 1 unspecified atom stereocenters. The Balaban J connectivity index is 1.63. The first-order valence-electron chi connectivity index (χ1n) is 8.49. The van der Waals surface area contributed by atoms with E-state index in [-0.39, 0.29) is 5.91 Å². The van der Waals surface area contributed by atoms with Gasteiger partial charge in [-0.1, -0.05) is 23.7 Å². The highest BCUT2D eigenvalue weighted by atomic mass is 35.5. The molecule has 0 aliphatic carbocycles. The number of hydrogen-bond acceptors (Lipinski definition) is 4. The lowest BCUT2D eigenvalue weighted by molar-refractivity contribution is 0.0776. The molecule has 25 heavy (non-hydrogen) atoms. The molecule has 1 fully saturated rings. The van der Waals surface area contributed by atoms with Crippen LogP contribution in [0.2, 0.25) is 5.02 Å². The lowest BCUT2D eigenvalue weighted by Crippen LogP contribution is -2.30. The van der Waals surface area contributed by atoms with Gasteiger partial charge < -0.3 is 15.4 Å². The van der Waals surface area contributed by atoms with Crippen molar-refractivity contribution in [3.8, 4) is 5.75 Å². The lowest BCUT2D eigenvalue weighted by atomic mass is 9.99. The quantitative estimate of drug-likeness (QED) is 0.861. The molecule has 1 aliphatic heterocycles. The number of pyridine rings is 1. The minimum atomic E-state index is -0.0776. The van der Waals surface area contributed by atoms with E-state index in [0.717, 1.165) is 31.0 Å². The number of benzene rings is 1. The molecule has 0 bridgehead atoms. The molecule has 1 amide bonds. The summed E-state index contributed by atoms with van der Waals surface area (Å²) in [5.74, 6) is 0.868. The van der Waals surface area contributed by atoms with Crippen molar-refractivity contribution in [2.24, 2.45) is 11.7 Å². The minimum Gasteiger partial charge on any atom is -0.490 e. The molecule has 1 atom stereocenters. The van der Waals surface area contributed by atoms with Gasteiger partial charge in [0.2, 0.25) is 0 Å². The topological polar surface area (TPSA) is 68.5 Å². The highest BCUT2D eigenvalue weighted by molar-refractivity contribution is 6.30. The van der Waals surface area contributed by atoms with Crippen molar-refractivity contribution in [2.45, 2.75) is 12.8 Å². The molecule has 0 radical (unpaired) electrons. The predicted octanol–water partition coefficient (Wildman–Crippen LogP) is 2.78. The fourth-order valence-corrected chi connectivity index (χ4v) is 3.25. The number of ether oxygens (including phenoxy) is 1. The summed E-state index contributed by atoms with van der Waals surface area (Å²) in [6, 6.07) is 11.4. The second-order valence-electron chi connectivity index (χ2n) is 6.22. The van der Waals surface area contributed by atoms with Crippen molar-refractivity contribution >= 4 is 17.5 Å². The highest BCUT2D eigenvalue weighted by Gasteiger charge is 2.29. The molecular formula is C19H22ClN3O2. The Morgan fingerprint density at radius 1 is 1.32 bits per heavy atom. The summed E-state index contributed by atoms with van der Waals surface area (Å²) in [5.41, 5.74) is 7.08. The van der Waals surface area contributed by atoms with Crippen molar-refractivity contribution < 1.29 is 9.53 Å². The van der Waals surface area contributed by atoms with Crippen LogP contribution in [-0.4, -0.2) is 42.0 Å². The molecule has 3 rings (SSSR count). The average Bonchev–Trinajstić information content (AvgIpc) is 3.10. The van der Waals surface area contributed by atoms with Crippen LogP contribution in [-0.2, 0) is 6.42 Å². The average molecular weight is 360 g/mol. The van der Waals surface area contributed by atoms with Crippen molar-refractivity contribution in [1.82, 2.24) is 9.88 Å². The van der Waals surface area contributed by atoms with Crippen LogP contribution in [0.25, 0.3) is 0 Å². The van der Waals surface area contributed by atoms with Gasteiger partial charge in [-0.25, -0.2) is 4.98 Å². The van der Waals surface area contributed by atoms with Gasteiger partial charge in [0.15, 0.2) is 11.4 Å². The van der Waals surface area contributed by atoms with Gasteiger partial charge in [-0.2, -0.15) is 0 Å². The summed E-state index contributed by atoms with van der Waals surface area (Å²) in [7, 11) is 0. The fraction of sp³-hybridized carbons (Fsp3) is 0.368. The van der Waals surface area contributed by atoms with Gasteiger partial charge in [0.1, 0.15) is 6.61 Å². The third kappa shape index (κ3) is 4.50. The Labute approximate surface area is 152 Å². The second kappa shape index (κ2) is 8.32. The van der Waals surface area contributed by atoms with Crippen LogP contribution in [0.1, 0.15) is 22.5 Å². The maximum Gasteiger partial charge on any atom is 0.276 e. The zero-order valence-electron chi connectivity index (χ0n) is 14.0. The Morgan fingerprint density at radius 2 is 2.12 bits per heavy atom. The highest BCUT2D eigenvalue weighted by Crippen LogP contribution is 2.25. The molecule has 5 nitrogen and oxygen atoms in total. The van der Waals surface area contributed by atoms with Gasteiger partial charge in [-0.05, 0) is 48.6 Å². The number of rotatable bonds is 6. The summed E-state index contributed by atoms with van der Waals surface area (Å²) in [6.45, 7) is 2.24. The molecule has 2 aromatic rings. The van der Waals surface area contributed by atoms with Gasteiger partial charge in [0, 0.05) is 30.9 Å². The van der Waals surface area contributed by atoms with E-state index in [0.29, 0.717) is 30.5 Å². The van der Waals surface area contributed by atoms with Gasteiger partial charge in [0.25, 0.3) is 5.91 Å². The van der Waals surface area contributed by atoms with Crippen LogP contribution >= 0.6 is 11.6 Å². The van der Waals surface area contributed by atoms with Crippen LogP contribution in [0.5, 0.6) is 5.75 Å². The van der Waals surface area contributed by atoms with Crippen LogP contribution in [0.3, 0.4) is 0 Å².